The van der Waals surface area contributed by atoms with Gasteiger partial charge in [0.15, 0.2) is 0 Å². The van der Waals surface area contributed by atoms with E-state index >= 15 is 0 Å². The van der Waals surface area contributed by atoms with E-state index in [1.165, 1.54) is 19.4 Å². The van der Waals surface area contributed by atoms with Crippen molar-refractivity contribution in [2.75, 3.05) is 40.3 Å². The van der Waals surface area contributed by atoms with E-state index in [1.54, 1.807) is 0 Å². The Morgan fingerprint density at radius 1 is 1.50 bits per heavy atom. The highest BCUT2D eigenvalue weighted by Crippen LogP contribution is 2.16. The topological polar surface area (TPSA) is 26.7 Å². The molecule has 0 aromatic carbocycles. The Hall–Kier alpha value is -0.120. The standard InChI is InChI=1S/C9H20N2O/c1-10(2)8-9-4-3-5-11(9)6-7-12/h9,12H,3-8H2,1-2H3/t9-/m1/s1. The summed E-state index contributed by atoms with van der Waals surface area (Å²) in [7, 11) is 4.21. The van der Waals surface area contributed by atoms with Crippen molar-refractivity contribution in [1.29, 1.82) is 0 Å². The van der Waals surface area contributed by atoms with Crippen LogP contribution in [0, 0.1) is 0 Å². The van der Waals surface area contributed by atoms with Gasteiger partial charge in [-0.1, -0.05) is 0 Å². The molecule has 1 heterocycles. The molecule has 0 spiro atoms. The predicted octanol–water partition coefficient (Wildman–Crippen LogP) is 0.00470. The summed E-state index contributed by atoms with van der Waals surface area (Å²) in [4.78, 5) is 4.61. The van der Waals surface area contributed by atoms with Crippen molar-refractivity contribution in [1.82, 2.24) is 9.80 Å². The summed E-state index contributed by atoms with van der Waals surface area (Å²) in [5.74, 6) is 0. The Bertz CT molecular complexity index is 128. The van der Waals surface area contributed by atoms with E-state index in [4.69, 9.17) is 5.11 Å². The van der Waals surface area contributed by atoms with Crippen LogP contribution < -0.4 is 0 Å². The van der Waals surface area contributed by atoms with E-state index in [9.17, 15) is 0 Å². The number of rotatable bonds is 4. The molecule has 0 saturated carbocycles. The van der Waals surface area contributed by atoms with Gasteiger partial charge in [-0.2, -0.15) is 0 Å². The highest BCUT2D eigenvalue weighted by atomic mass is 16.3. The molecule has 0 aromatic rings. The minimum Gasteiger partial charge on any atom is -0.395 e. The normalized spacial score (nSPS) is 25.5. The van der Waals surface area contributed by atoms with Crippen LogP contribution in [0.5, 0.6) is 0 Å². The average Bonchev–Trinajstić information content (AvgIpc) is 2.37. The van der Waals surface area contributed by atoms with Gasteiger partial charge in [0, 0.05) is 19.1 Å². The first-order valence-electron chi connectivity index (χ1n) is 4.73. The second kappa shape index (κ2) is 4.80. The largest absolute Gasteiger partial charge is 0.395 e. The van der Waals surface area contributed by atoms with Gasteiger partial charge < -0.3 is 10.0 Å². The van der Waals surface area contributed by atoms with Gasteiger partial charge in [0.05, 0.1) is 6.61 Å². The predicted molar refractivity (Wildman–Crippen MR) is 50.2 cm³/mol. The first-order valence-corrected chi connectivity index (χ1v) is 4.73. The number of likely N-dealkylation sites (tertiary alicyclic amines) is 1. The minimum absolute atomic E-state index is 0.296. The molecule has 0 aromatic heterocycles. The second-order valence-corrected chi connectivity index (χ2v) is 3.82. The molecule has 3 nitrogen and oxygen atoms in total. The molecular formula is C9H20N2O. The van der Waals surface area contributed by atoms with Gasteiger partial charge in [-0.3, -0.25) is 4.90 Å². The zero-order valence-electron chi connectivity index (χ0n) is 8.16. The van der Waals surface area contributed by atoms with E-state index in [1.807, 2.05) is 0 Å². The molecule has 1 aliphatic rings. The maximum Gasteiger partial charge on any atom is 0.0558 e. The fourth-order valence-corrected chi connectivity index (χ4v) is 1.95. The Kier molecular flexibility index (Phi) is 3.98. The summed E-state index contributed by atoms with van der Waals surface area (Å²) in [6.45, 7) is 3.43. The Morgan fingerprint density at radius 3 is 2.83 bits per heavy atom. The summed E-state index contributed by atoms with van der Waals surface area (Å²) in [6, 6.07) is 0.673. The molecule has 12 heavy (non-hydrogen) atoms. The maximum atomic E-state index is 8.82. The Balaban J connectivity index is 2.30. The first-order chi connectivity index (χ1) is 5.74. The fraction of sp³-hybridized carbons (Fsp3) is 1.00. The van der Waals surface area contributed by atoms with Crippen molar-refractivity contribution in [3.8, 4) is 0 Å². The van der Waals surface area contributed by atoms with Gasteiger partial charge >= 0.3 is 0 Å². The third-order valence-electron chi connectivity index (χ3n) is 2.46. The molecule has 1 atom stereocenters. The van der Waals surface area contributed by atoms with Gasteiger partial charge in [0.25, 0.3) is 0 Å². The van der Waals surface area contributed by atoms with Gasteiger partial charge in [-0.15, -0.1) is 0 Å². The summed E-state index contributed by atoms with van der Waals surface area (Å²) in [5.41, 5.74) is 0. The molecule has 0 unspecified atom stereocenters. The van der Waals surface area contributed by atoms with Gasteiger partial charge in [-0.25, -0.2) is 0 Å². The number of aliphatic hydroxyl groups excluding tert-OH is 1. The number of β-amino-alcohol motifs (C(OH)–C–C–N with tert-alkyl or cyclic N) is 1. The molecule has 0 amide bonds. The van der Waals surface area contributed by atoms with Crippen LogP contribution in [0.25, 0.3) is 0 Å². The quantitative estimate of drug-likeness (QED) is 0.647. The van der Waals surface area contributed by atoms with Crippen LogP contribution in [0.4, 0.5) is 0 Å². The zero-order valence-corrected chi connectivity index (χ0v) is 8.16. The lowest BCUT2D eigenvalue weighted by atomic mass is 10.2. The SMILES string of the molecule is CN(C)C[C@H]1CCCN1CCO. The molecule has 1 saturated heterocycles. The molecule has 0 radical (unpaired) electrons. The summed E-state index contributed by atoms with van der Waals surface area (Å²) >= 11 is 0. The van der Waals surface area contributed by atoms with Gasteiger partial charge in [0.2, 0.25) is 0 Å². The smallest absolute Gasteiger partial charge is 0.0558 e. The molecule has 1 aliphatic heterocycles. The molecule has 72 valence electrons. The van der Waals surface area contributed by atoms with E-state index < -0.39 is 0 Å². The molecular weight excluding hydrogens is 152 g/mol. The third kappa shape index (κ3) is 2.73. The molecule has 0 bridgehead atoms. The average molecular weight is 172 g/mol. The highest BCUT2D eigenvalue weighted by Gasteiger charge is 2.23. The lowest BCUT2D eigenvalue weighted by Gasteiger charge is -2.26. The number of hydrogen-bond acceptors (Lipinski definition) is 3. The van der Waals surface area contributed by atoms with Gasteiger partial charge in [-0.05, 0) is 33.5 Å². The monoisotopic (exact) mass is 172 g/mol. The molecule has 3 heteroatoms. The Morgan fingerprint density at radius 2 is 2.25 bits per heavy atom. The van der Waals surface area contributed by atoms with Crippen LogP contribution in [-0.4, -0.2) is 61.3 Å². The van der Waals surface area contributed by atoms with Crippen LogP contribution in [0.1, 0.15) is 12.8 Å². The molecule has 0 aliphatic carbocycles. The van der Waals surface area contributed by atoms with Crippen molar-refractivity contribution in [2.45, 2.75) is 18.9 Å². The number of aliphatic hydroxyl groups is 1. The Labute approximate surface area is 75.0 Å². The summed E-state index contributed by atoms with van der Waals surface area (Å²) in [6.07, 6.45) is 2.58. The van der Waals surface area contributed by atoms with Crippen molar-refractivity contribution in [2.24, 2.45) is 0 Å². The lowest BCUT2D eigenvalue weighted by Crippen LogP contribution is -2.38. The first kappa shape index (κ1) is 9.96. The number of likely N-dealkylation sites (N-methyl/N-ethyl adjacent to an activating group) is 1. The third-order valence-corrected chi connectivity index (χ3v) is 2.46. The fourth-order valence-electron chi connectivity index (χ4n) is 1.95. The molecule has 1 N–H and O–H groups in total. The van der Waals surface area contributed by atoms with Crippen molar-refractivity contribution in [3.63, 3.8) is 0 Å². The summed E-state index contributed by atoms with van der Waals surface area (Å²) < 4.78 is 0. The van der Waals surface area contributed by atoms with Crippen molar-refractivity contribution < 1.29 is 5.11 Å². The summed E-state index contributed by atoms with van der Waals surface area (Å²) in [5, 5.41) is 8.82. The van der Waals surface area contributed by atoms with E-state index in [0.29, 0.717) is 12.6 Å². The van der Waals surface area contributed by atoms with Crippen LogP contribution in [-0.2, 0) is 0 Å². The second-order valence-electron chi connectivity index (χ2n) is 3.82. The molecule has 1 fully saturated rings. The van der Waals surface area contributed by atoms with Crippen LogP contribution in [0.3, 0.4) is 0 Å². The number of hydrogen-bond donors (Lipinski definition) is 1. The van der Waals surface area contributed by atoms with E-state index in [0.717, 1.165) is 13.1 Å². The van der Waals surface area contributed by atoms with E-state index in [-0.39, 0.29) is 0 Å². The van der Waals surface area contributed by atoms with E-state index in [2.05, 4.69) is 23.9 Å². The lowest BCUT2D eigenvalue weighted by molar-refractivity contribution is 0.164. The number of nitrogens with zero attached hydrogens (tertiary/aromatic N) is 2. The van der Waals surface area contributed by atoms with Gasteiger partial charge in [0.1, 0.15) is 0 Å². The highest BCUT2D eigenvalue weighted by molar-refractivity contribution is 4.80. The maximum absolute atomic E-state index is 8.82. The van der Waals surface area contributed by atoms with Crippen molar-refractivity contribution in [3.05, 3.63) is 0 Å². The van der Waals surface area contributed by atoms with Crippen LogP contribution in [0.15, 0.2) is 0 Å². The van der Waals surface area contributed by atoms with Crippen LogP contribution in [0.2, 0.25) is 0 Å². The van der Waals surface area contributed by atoms with Crippen LogP contribution >= 0.6 is 0 Å². The minimum atomic E-state index is 0.296. The van der Waals surface area contributed by atoms with Crippen molar-refractivity contribution >= 4 is 0 Å². The molecule has 1 rings (SSSR count). The zero-order chi connectivity index (χ0) is 8.97.